The Morgan fingerprint density at radius 3 is 2.20 bits per heavy atom. The van der Waals surface area contributed by atoms with Crippen LogP contribution < -0.4 is 5.32 Å². The van der Waals surface area contributed by atoms with Crippen LogP contribution >= 0.6 is 47.8 Å². The van der Waals surface area contributed by atoms with E-state index in [1.165, 1.54) is 0 Å². The minimum atomic E-state index is -0.892. The first kappa shape index (κ1) is 13.0. The number of aliphatic carboxylic acids is 1. The Hall–Kier alpha value is -0.0700. The van der Waals surface area contributed by atoms with Gasteiger partial charge in [-0.05, 0) is 50.9 Å². The van der Waals surface area contributed by atoms with E-state index >= 15 is 0 Å². The van der Waals surface area contributed by atoms with Crippen LogP contribution in [0.2, 0.25) is 0 Å². The quantitative estimate of drug-likeness (QED) is 0.808. The van der Waals surface area contributed by atoms with E-state index in [1.807, 2.05) is 12.1 Å². The van der Waals surface area contributed by atoms with Crippen LogP contribution in [0.15, 0.2) is 25.6 Å². The zero-order valence-electron chi connectivity index (χ0n) is 7.72. The average Bonchev–Trinajstić information content (AvgIpc) is 2.10. The normalized spacial score (nSPS) is 12.3. The third-order valence-electron chi connectivity index (χ3n) is 1.74. The van der Waals surface area contributed by atoms with Crippen molar-refractivity contribution in [1.29, 1.82) is 0 Å². The third-order valence-corrected chi connectivity index (χ3v) is 3.45. The molecule has 3 nitrogen and oxygen atoms in total. The van der Waals surface area contributed by atoms with Crippen molar-refractivity contribution in [2.75, 3.05) is 5.32 Å². The average molecular weight is 402 g/mol. The topological polar surface area (TPSA) is 49.3 Å². The molecule has 1 atom stereocenters. The minimum Gasteiger partial charge on any atom is -0.480 e. The fraction of sp³-hybridized carbons (Fsp3) is 0.222. The molecule has 0 radical (unpaired) electrons. The van der Waals surface area contributed by atoms with Gasteiger partial charge in [0.05, 0.1) is 5.69 Å². The van der Waals surface area contributed by atoms with Gasteiger partial charge in [-0.2, -0.15) is 0 Å². The molecule has 0 aromatic heterocycles. The number of carbonyl (C=O) groups is 1. The largest absolute Gasteiger partial charge is 0.480 e. The maximum Gasteiger partial charge on any atom is 0.325 e. The molecule has 0 spiro atoms. The monoisotopic (exact) mass is 399 g/mol. The summed E-state index contributed by atoms with van der Waals surface area (Å²) in [7, 11) is 0. The van der Waals surface area contributed by atoms with E-state index in [-0.39, 0.29) is 0 Å². The Kier molecular flexibility index (Phi) is 4.61. The lowest BCUT2D eigenvalue weighted by Crippen LogP contribution is -2.25. The van der Waals surface area contributed by atoms with E-state index in [2.05, 4.69) is 53.1 Å². The number of hydrogen-bond donors (Lipinski definition) is 2. The van der Waals surface area contributed by atoms with Crippen molar-refractivity contribution in [3.05, 3.63) is 25.6 Å². The van der Waals surface area contributed by atoms with Crippen molar-refractivity contribution < 1.29 is 9.90 Å². The molecule has 0 bridgehead atoms. The van der Waals surface area contributed by atoms with Gasteiger partial charge in [-0.3, -0.25) is 4.79 Å². The molecule has 1 aromatic rings. The van der Waals surface area contributed by atoms with Gasteiger partial charge in [0.1, 0.15) is 6.04 Å². The van der Waals surface area contributed by atoms with Crippen molar-refractivity contribution in [2.24, 2.45) is 0 Å². The van der Waals surface area contributed by atoms with Gasteiger partial charge in [-0.1, -0.05) is 15.9 Å². The number of halogens is 3. The van der Waals surface area contributed by atoms with Gasteiger partial charge in [0.2, 0.25) is 0 Å². The van der Waals surface area contributed by atoms with Gasteiger partial charge in [0, 0.05) is 13.4 Å². The highest BCUT2D eigenvalue weighted by Crippen LogP contribution is 2.34. The van der Waals surface area contributed by atoms with Crippen molar-refractivity contribution in [3.63, 3.8) is 0 Å². The Balaban J connectivity index is 3.00. The SMILES string of the molecule is CC(Nc1c(Br)cc(Br)cc1Br)C(=O)O. The third kappa shape index (κ3) is 3.46. The fourth-order valence-electron chi connectivity index (χ4n) is 0.958. The second-order valence-electron chi connectivity index (χ2n) is 2.95. The number of nitrogens with one attached hydrogen (secondary N) is 1. The molecule has 0 saturated heterocycles. The Morgan fingerprint density at radius 1 is 1.33 bits per heavy atom. The number of benzene rings is 1. The second-order valence-corrected chi connectivity index (χ2v) is 5.57. The molecule has 0 aliphatic carbocycles. The molecule has 0 aliphatic heterocycles. The summed E-state index contributed by atoms with van der Waals surface area (Å²) in [6, 6.07) is 3.06. The maximum absolute atomic E-state index is 10.7. The van der Waals surface area contributed by atoms with Crippen LogP contribution in [0.3, 0.4) is 0 Å². The summed E-state index contributed by atoms with van der Waals surface area (Å²) in [6.45, 7) is 1.59. The summed E-state index contributed by atoms with van der Waals surface area (Å²) in [5.74, 6) is -0.892. The van der Waals surface area contributed by atoms with E-state index in [9.17, 15) is 4.79 Å². The Morgan fingerprint density at radius 2 is 1.80 bits per heavy atom. The molecular weight excluding hydrogens is 394 g/mol. The number of hydrogen-bond acceptors (Lipinski definition) is 2. The summed E-state index contributed by atoms with van der Waals surface area (Å²) in [4.78, 5) is 10.7. The highest BCUT2D eigenvalue weighted by molar-refractivity contribution is 9.11. The van der Waals surface area contributed by atoms with Gasteiger partial charge in [-0.25, -0.2) is 0 Å². The Bertz CT molecular complexity index is 372. The smallest absolute Gasteiger partial charge is 0.325 e. The van der Waals surface area contributed by atoms with Crippen LogP contribution in [0.25, 0.3) is 0 Å². The fourth-order valence-corrected chi connectivity index (χ4v) is 3.45. The van der Waals surface area contributed by atoms with E-state index in [1.54, 1.807) is 6.92 Å². The lowest BCUT2D eigenvalue weighted by molar-refractivity contribution is -0.137. The number of anilines is 1. The lowest BCUT2D eigenvalue weighted by Gasteiger charge is -2.14. The van der Waals surface area contributed by atoms with Crippen molar-refractivity contribution >= 4 is 59.4 Å². The number of carboxylic acid groups (broad SMARTS) is 1. The van der Waals surface area contributed by atoms with Gasteiger partial charge in [0.25, 0.3) is 0 Å². The minimum absolute atomic E-state index is 0.640. The molecule has 0 aliphatic rings. The van der Waals surface area contributed by atoms with Gasteiger partial charge >= 0.3 is 5.97 Å². The van der Waals surface area contributed by atoms with Gasteiger partial charge in [0.15, 0.2) is 0 Å². The molecule has 0 fully saturated rings. The van der Waals surface area contributed by atoms with E-state index in [0.717, 1.165) is 19.1 Å². The molecule has 2 N–H and O–H groups in total. The van der Waals surface area contributed by atoms with Crippen LogP contribution in [0.5, 0.6) is 0 Å². The van der Waals surface area contributed by atoms with E-state index < -0.39 is 12.0 Å². The molecule has 1 aromatic carbocycles. The van der Waals surface area contributed by atoms with E-state index in [4.69, 9.17) is 5.11 Å². The first-order valence-electron chi connectivity index (χ1n) is 4.05. The number of carboxylic acids is 1. The number of rotatable bonds is 3. The van der Waals surface area contributed by atoms with Gasteiger partial charge in [-0.15, -0.1) is 0 Å². The first-order chi connectivity index (χ1) is 6.91. The van der Waals surface area contributed by atoms with E-state index in [0.29, 0.717) is 0 Å². The molecule has 0 heterocycles. The van der Waals surface area contributed by atoms with Crippen LogP contribution in [0, 0.1) is 0 Å². The zero-order valence-corrected chi connectivity index (χ0v) is 12.5. The molecule has 0 saturated carbocycles. The molecule has 1 unspecified atom stereocenters. The molecule has 82 valence electrons. The summed E-state index contributed by atoms with van der Waals surface area (Å²) >= 11 is 10.1. The van der Waals surface area contributed by atoms with Crippen LogP contribution in [0.4, 0.5) is 5.69 Å². The van der Waals surface area contributed by atoms with Crippen LogP contribution in [-0.2, 0) is 4.79 Å². The first-order valence-corrected chi connectivity index (χ1v) is 6.43. The highest BCUT2D eigenvalue weighted by atomic mass is 79.9. The van der Waals surface area contributed by atoms with Crippen molar-refractivity contribution in [3.8, 4) is 0 Å². The standard InChI is InChI=1S/C9H8Br3NO2/c1-4(9(14)15)13-8-6(11)2-5(10)3-7(8)12/h2-4,13H,1H3,(H,14,15). The van der Waals surface area contributed by atoms with Crippen LogP contribution in [0.1, 0.15) is 6.92 Å². The van der Waals surface area contributed by atoms with Gasteiger partial charge < -0.3 is 10.4 Å². The summed E-state index contributed by atoms with van der Waals surface area (Å²) in [5.41, 5.74) is 0.730. The molecular formula is C9H8Br3NO2. The predicted molar refractivity (Wildman–Crippen MR) is 70.3 cm³/mol. The van der Waals surface area contributed by atoms with Crippen molar-refractivity contribution in [2.45, 2.75) is 13.0 Å². The summed E-state index contributed by atoms with van der Waals surface area (Å²) in [5, 5.41) is 11.7. The van der Waals surface area contributed by atoms with Crippen LogP contribution in [-0.4, -0.2) is 17.1 Å². The molecule has 6 heteroatoms. The second kappa shape index (κ2) is 5.32. The highest BCUT2D eigenvalue weighted by Gasteiger charge is 2.14. The summed E-state index contributed by atoms with van der Waals surface area (Å²) in [6.07, 6.45) is 0. The predicted octanol–water partition coefficient (Wildman–Crippen LogP) is 3.86. The summed E-state index contributed by atoms with van der Waals surface area (Å²) < 4.78 is 2.52. The molecule has 0 amide bonds. The lowest BCUT2D eigenvalue weighted by atomic mass is 10.2. The molecule has 15 heavy (non-hydrogen) atoms. The zero-order chi connectivity index (χ0) is 11.6. The Labute approximate surface area is 113 Å². The molecule has 1 rings (SSSR count). The maximum atomic E-state index is 10.7. The van der Waals surface area contributed by atoms with Crippen molar-refractivity contribution in [1.82, 2.24) is 0 Å².